The number of amides is 1. The lowest BCUT2D eigenvalue weighted by molar-refractivity contribution is -0.118. The van der Waals surface area contributed by atoms with E-state index >= 15 is 0 Å². The molecule has 0 saturated heterocycles. The third-order valence-corrected chi connectivity index (χ3v) is 4.50. The third kappa shape index (κ3) is 4.08. The second kappa shape index (κ2) is 7.68. The maximum Gasteiger partial charge on any atom is 0.230 e. The summed E-state index contributed by atoms with van der Waals surface area (Å²) in [5.74, 6) is 0.218. The minimum Gasteiger partial charge on any atom is -0.382 e. The van der Waals surface area contributed by atoms with Gasteiger partial charge in [0.2, 0.25) is 5.91 Å². The lowest BCUT2D eigenvalue weighted by Crippen LogP contribution is -2.27. The van der Waals surface area contributed by atoms with Gasteiger partial charge in [0.25, 0.3) is 0 Å². The van der Waals surface area contributed by atoms with Gasteiger partial charge in [0.15, 0.2) is 5.16 Å². The number of nitrogen functional groups attached to an aromatic ring is 1. The molecule has 126 valence electrons. The molecule has 0 bridgehead atoms. The van der Waals surface area contributed by atoms with Crippen LogP contribution in [0.4, 0.5) is 5.82 Å². The second-order valence-electron chi connectivity index (χ2n) is 5.31. The van der Waals surface area contributed by atoms with E-state index in [0.717, 1.165) is 11.9 Å². The van der Waals surface area contributed by atoms with Gasteiger partial charge in [0, 0.05) is 23.6 Å². The molecule has 0 spiro atoms. The fraction of sp³-hybridized carbons (Fsp3) is 0.176. The van der Waals surface area contributed by atoms with Crippen LogP contribution in [0.15, 0.2) is 41.8 Å². The number of aromatic amines is 1. The zero-order valence-electron chi connectivity index (χ0n) is 13.3. The first-order valence-electron chi connectivity index (χ1n) is 7.64. The Hall–Kier alpha value is -3.05. The number of carbonyl (C=O) groups excluding carboxylic acids is 1. The molecule has 7 nitrogen and oxygen atoms in total. The number of nitriles is 1. The summed E-state index contributed by atoms with van der Waals surface area (Å²) in [4.78, 5) is 23.2. The first-order chi connectivity index (χ1) is 12.2. The highest BCUT2D eigenvalue weighted by Gasteiger charge is 2.08. The van der Waals surface area contributed by atoms with Crippen molar-refractivity contribution in [1.29, 1.82) is 5.26 Å². The van der Waals surface area contributed by atoms with Crippen molar-refractivity contribution in [1.82, 2.24) is 20.3 Å². The Kier molecular flexibility index (Phi) is 5.16. The van der Waals surface area contributed by atoms with Gasteiger partial charge in [-0.2, -0.15) is 5.26 Å². The van der Waals surface area contributed by atoms with E-state index in [2.05, 4.69) is 26.3 Å². The number of aromatic nitrogens is 3. The van der Waals surface area contributed by atoms with Crippen LogP contribution in [0, 0.1) is 11.3 Å². The van der Waals surface area contributed by atoms with Crippen LogP contribution in [0.3, 0.4) is 0 Å². The smallest absolute Gasteiger partial charge is 0.230 e. The molecule has 0 radical (unpaired) electrons. The molecule has 2 aromatic heterocycles. The van der Waals surface area contributed by atoms with E-state index in [9.17, 15) is 4.79 Å². The zero-order chi connectivity index (χ0) is 17.6. The molecule has 0 unspecified atom stereocenters. The Labute approximate surface area is 148 Å². The van der Waals surface area contributed by atoms with Gasteiger partial charge >= 0.3 is 0 Å². The summed E-state index contributed by atoms with van der Waals surface area (Å²) in [6.45, 7) is 0.553. The summed E-state index contributed by atoms with van der Waals surface area (Å²) in [5.41, 5.74) is 8.12. The monoisotopic (exact) mass is 352 g/mol. The molecule has 0 fully saturated rings. The molecule has 2 heterocycles. The van der Waals surface area contributed by atoms with Crippen molar-refractivity contribution in [3.05, 3.63) is 47.8 Å². The van der Waals surface area contributed by atoms with Crippen LogP contribution < -0.4 is 11.1 Å². The van der Waals surface area contributed by atoms with E-state index in [1.54, 1.807) is 0 Å². The summed E-state index contributed by atoms with van der Waals surface area (Å²) in [6.07, 6.45) is 4.08. The highest BCUT2D eigenvalue weighted by Crippen LogP contribution is 2.18. The van der Waals surface area contributed by atoms with Crippen LogP contribution in [-0.4, -0.2) is 33.2 Å². The molecule has 1 aromatic carbocycles. The average molecular weight is 352 g/mol. The minimum atomic E-state index is -0.101. The number of fused-ring (bicyclic) bond motifs is 1. The molecular weight excluding hydrogens is 336 g/mol. The van der Waals surface area contributed by atoms with Gasteiger partial charge in [0.05, 0.1) is 11.9 Å². The molecule has 0 atom stereocenters. The van der Waals surface area contributed by atoms with Crippen molar-refractivity contribution in [2.75, 3.05) is 18.0 Å². The number of nitrogens with two attached hydrogens (primary N) is 1. The van der Waals surface area contributed by atoms with E-state index in [4.69, 9.17) is 11.0 Å². The number of hydrogen-bond acceptors (Lipinski definition) is 6. The molecule has 0 aliphatic rings. The van der Waals surface area contributed by atoms with Crippen LogP contribution in [-0.2, 0) is 11.2 Å². The number of hydrogen-bond donors (Lipinski definition) is 3. The number of H-pyrrole nitrogens is 1. The van der Waals surface area contributed by atoms with Crippen molar-refractivity contribution in [2.45, 2.75) is 11.6 Å². The number of para-hydroxylation sites is 1. The van der Waals surface area contributed by atoms with Crippen molar-refractivity contribution in [2.24, 2.45) is 0 Å². The lowest BCUT2D eigenvalue weighted by Gasteiger charge is -2.05. The molecule has 25 heavy (non-hydrogen) atoms. The van der Waals surface area contributed by atoms with Crippen molar-refractivity contribution < 1.29 is 4.79 Å². The normalized spacial score (nSPS) is 10.5. The molecule has 8 heteroatoms. The van der Waals surface area contributed by atoms with Crippen molar-refractivity contribution in [3.63, 3.8) is 0 Å². The van der Waals surface area contributed by atoms with Gasteiger partial charge < -0.3 is 16.0 Å². The Bertz CT molecular complexity index is 946. The van der Waals surface area contributed by atoms with Crippen LogP contribution in [0.2, 0.25) is 0 Å². The topological polar surface area (TPSA) is 120 Å². The van der Waals surface area contributed by atoms with Crippen LogP contribution in [0.1, 0.15) is 11.1 Å². The van der Waals surface area contributed by atoms with Gasteiger partial charge in [-0.05, 0) is 18.1 Å². The number of nitrogens with zero attached hydrogens (tertiary/aromatic N) is 3. The Morgan fingerprint density at radius 1 is 1.40 bits per heavy atom. The SMILES string of the molecule is N#Cc1cnc(SCC(=O)NCCc2c[nH]c3ccccc23)nc1N. The number of benzene rings is 1. The first kappa shape index (κ1) is 16.8. The van der Waals surface area contributed by atoms with E-state index in [0.29, 0.717) is 11.7 Å². The van der Waals surface area contributed by atoms with E-state index in [1.807, 2.05) is 30.5 Å². The van der Waals surface area contributed by atoms with Crippen LogP contribution in [0.5, 0.6) is 0 Å². The predicted octanol–water partition coefficient (Wildman–Crippen LogP) is 1.86. The number of rotatable bonds is 6. The predicted molar refractivity (Wildman–Crippen MR) is 96.9 cm³/mol. The quantitative estimate of drug-likeness (QED) is 0.460. The summed E-state index contributed by atoms with van der Waals surface area (Å²) >= 11 is 1.18. The molecule has 0 aliphatic heterocycles. The lowest BCUT2D eigenvalue weighted by atomic mass is 10.1. The number of anilines is 1. The fourth-order valence-electron chi connectivity index (χ4n) is 2.39. The van der Waals surface area contributed by atoms with Gasteiger partial charge in [-0.1, -0.05) is 30.0 Å². The average Bonchev–Trinajstić information content (AvgIpc) is 3.03. The molecule has 1 amide bonds. The second-order valence-corrected chi connectivity index (χ2v) is 6.25. The molecular formula is C17H16N6OS. The molecule has 4 N–H and O–H groups in total. The molecule has 3 aromatic rings. The van der Waals surface area contributed by atoms with Gasteiger partial charge in [-0.25, -0.2) is 9.97 Å². The molecule has 0 saturated carbocycles. The highest BCUT2D eigenvalue weighted by molar-refractivity contribution is 7.99. The summed E-state index contributed by atoms with van der Waals surface area (Å²) in [7, 11) is 0. The maximum atomic E-state index is 11.9. The summed E-state index contributed by atoms with van der Waals surface area (Å²) < 4.78 is 0. The fourth-order valence-corrected chi connectivity index (χ4v) is 3.04. The summed E-state index contributed by atoms with van der Waals surface area (Å²) in [5, 5.41) is 13.2. The number of nitrogens with one attached hydrogen (secondary N) is 2. The Morgan fingerprint density at radius 2 is 2.24 bits per heavy atom. The van der Waals surface area contributed by atoms with Gasteiger partial charge in [-0.3, -0.25) is 4.79 Å². The third-order valence-electron chi connectivity index (χ3n) is 3.64. The molecule has 0 aliphatic carbocycles. The Morgan fingerprint density at radius 3 is 3.04 bits per heavy atom. The Balaban J connectivity index is 1.47. The van der Waals surface area contributed by atoms with Crippen LogP contribution >= 0.6 is 11.8 Å². The maximum absolute atomic E-state index is 11.9. The number of thioether (sulfide) groups is 1. The van der Waals surface area contributed by atoms with Crippen LogP contribution in [0.25, 0.3) is 10.9 Å². The van der Waals surface area contributed by atoms with E-state index in [1.165, 1.54) is 28.9 Å². The van der Waals surface area contributed by atoms with Gasteiger partial charge in [0.1, 0.15) is 17.5 Å². The van der Waals surface area contributed by atoms with Crippen molar-refractivity contribution in [3.8, 4) is 6.07 Å². The first-order valence-corrected chi connectivity index (χ1v) is 8.63. The standard InChI is InChI=1S/C17H16N6OS/c18-7-12-9-22-17(23-16(12)19)25-10-15(24)20-6-5-11-8-21-14-4-2-1-3-13(11)14/h1-4,8-9,21H,5-6,10H2,(H,20,24)(H2,19,22,23). The van der Waals surface area contributed by atoms with E-state index < -0.39 is 0 Å². The minimum absolute atomic E-state index is 0.101. The largest absolute Gasteiger partial charge is 0.382 e. The highest BCUT2D eigenvalue weighted by atomic mass is 32.2. The van der Waals surface area contributed by atoms with Gasteiger partial charge in [-0.15, -0.1) is 0 Å². The number of carbonyl (C=O) groups is 1. The summed E-state index contributed by atoms with van der Waals surface area (Å²) in [6, 6.07) is 9.97. The zero-order valence-corrected chi connectivity index (χ0v) is 14.1. The molecule has 3 rings (SSSR count). The van der Waals surface area contributed by atoms with Crippen molar-refractivity contribution >= 4 is 34.4 Å². The van der Waals surface area contributed by atoms with E-state index in [-0.39, 0.29) is 23.0 Å².